The molecule has 0 aromatic heterocycles. The summed E-state index contributed by atoms with van der Waals surface area (Å²) in [7, 11) is 0. The highest BCUT2D eigenvalue weighted by Crippen LogP contribution is 2.20. The van der Waals surface area contributed by atoms with Crippen LogP contribution in [-0.4, -0.2) is 18.0 Å². The molecule has 2 aliphatic heterocycles. The molecule has 0 aromatic carbocycles. The molecule has 0 fully saturated rings. The van der Waals surface area contributed by atoms with E-state index in [1.54, 1.807) is 0 Å². The summed E-state index contributed by atoms with van der Waals surface area (Å²) in [6.07, 6.45) is 2.76. The highest BCUT2D eigenvalue weighted by atomic mass is 15.3. The quantitative estimate of drug-likeness (QED) is 0.448. The highest BCUT2D eigenvalue weighted by Gasteiger charge is 2.32. The normalized spacial score (nSPS) is 24.5. The van der Waals surface area contributed by atoms with Crippen LogP contribution in [0.4, 0.5) is 0 Å². The van der Waals surface area contributed by atoms with E-state index >= 15 is 0 Å². The van der Waals surface area contributed by atoms with Gasteiger partial charge in [-0.25, -0.2) is 9.98 Å². The summed E-state index contributed by atoms with van der Waals surface area (Å²) in [6.45, 7) is 0. The number of nitrogens with two attached hydrogens (primary N) is 2. The number of azo groups is 1. The van der Waals surface area contributed by atoms with Crippen molar-refractivity contribution in [2.24, 2.45) is 31.7 Å². The van der Waals surface area contributed by atoms with Gasteiger partial charge in [0.05, 0.1) is 11.8 Å². The van der Waals surface area contributed by atoms with Crippen molar-refractivity contribution in [3.8, 4) is 0 Å². The maximum atomic E-state index is 5.57. The molecule has 6 heteroatoms. The molecule has 0 saturated carbocycles. The van der Waals surface area contributed by atoms with Crippen molar-refractivity contribution in [1.29, 1.82) is 0 Å². The Morgan fingerprint density at radius 1 is 1.36 bits per heavy atom. The van der Waals surface area contributed by atoms with E-state index in [2.05, 4.69) is 20.2 Å². The summed E-state index contributed by atoms with van der Waals surface area (Å²) < 4.78 is 0. The van der Waals surface area contributed by atoms with Crippen LogP contribution < -0.4 is 11.5 Å². The molecule has 0 atom stereocenters. The van der Waals surface area contributed by atoms with Crippen molar-refractivity contribution in [2.45, 2.75) is 5.79 Å². The predicted molar refractivity (Wildman–Crippen MR) is 40.0 cm³/mol. The number of nitrogens with zero attached hydrogens (tertiary/aromatic N) is 4. The Labute approximate surface area is 62.4 Å². The van der Waals surface area contributed by atoms with Gasteiger partial charge < -0.3 is 0 Å². The molecule has 0 saturated heterocycles. The summed E-state index contributed by atoms with van der Waals surface area (Å²) in [5, 5.41) is 7.30. The zero-order valence-corrected chi connectivity index (χ0v) is 5.60. The third-order valence-electron chi connectivity index (χ3n) is 1.46. The fourth-order valence-corrected chi connectivity index (χ4v) is 0.879. The smallest absolute Gasteiger partial charge is 0.193 e. The Kier molecular flexibility index (Phi) is 1.04. The van der Waals surface area contributed by atoms with Gasteiger partial charge in [-0.05, 0) is 0 Å². The molecule has 6 nitrogen and oxygen atoms in total. The zero-order chi connectivity index (χ0) is 7.90. The van der Waals surface area contributed by atoms with E-state index < -0.39 is 5.79 Å². The Hall–Kier alpha value is -1.40. The molecule has 0 aromatic rings. The second kappa shape index (κ2) is 1.80. The summed E-state index contributed by atoms with van der Waals surface area (Å²) in [6, 6.07) is 0. The van der Waals surface area contributed by atoms with Crippen molar-refractivity contribution in [3.05, 3.63) is 11.8 Å². The van der Waals surface area contributed by atoms with Crippen LogP contribution in [0.1, 0.15) is 0 Å². The van der Waals surface area contributed by atoms with Crippen molar-refractivity contribution >= 4 is 12.2 Å². The Balaban J connectivity index is 2.51. The third kappa shape index (κ3) is 0.803. The van der Waals surface area contributed by atoms with Crippen LogP contribution in [0.25, 0.3) is 0 Å². The average Bonchev–Trinajstić information content (AvgIpc) is 2.34. The number of aliphatic imine (C=N–C) groups is 2. The van der Waals surface area contributed by atoms with Gasteiger partial charge >= 0.3 is 0 Å². The molecule has 2 rings (SSSR count). The maximum Gasteiger partial charge on any atom is 0.193 e. The van der Waals surface area contributed by atoms with Crippen molar-refractivity contribution in [1.82, 2.24) is 0 Å². The minimum absolute atomic E-state index is 0.449. The minimum atomic E-state index is -1.21. The van der Waals surface area contributed by atoms with Gasteiger partial charge in [-0.2, -0.15) is 5.11 Å². The Morgan fingerprint density at radius 2 is 2.18 bits per heavy atom. The molecule has 0 amide bonds. The lowest BCUT2D eigenvalue weighted by atomic mass is 10.1. The monoisotopic (exact) mass is 150 g/mol. The molecule has 0 spiro atoms. The number of fused-ring (bicyclic) bond motifs is 1. The van der Waals surface area contributed by atoms with Gasteiger partial charge in [0.1, 0.15) is 6.34 Å². The first kappa shape index (κ1) is 6.32. The lowest BCUT2D eigenvalue weighted by Crippen LogP contribution is -2.51. The standard InChI is InChI=1S/C5H6N6/c6-5(7)3-1-10-11-4(3)8-2-9-5/h1-2H,6-7H2. The van der Waals surface area contributed by atoms with Crippen LogP contribution >= 0.6 is 0 Å². The van der Waals surface area contributed by atoms with E-state index in [9.17, 15) is 0 Å². The van der Waals surface area contributed by atoms with Crippen LogP contribution in [0, 0.1) is 0 Å². The van der Waals surface area contributed by atoms with Crippen molar-refractivity contribution < 1.29 is 0 Å². The largest absolute Gasteiger partial charge is 0.291 e. The minimum Gasteiger partial charge on any atom is -0.291 e. The molecule has 56 valence electrons. The van der Waals surface area contributed by atoms with Crippen LogP contribution in [0.2, 0.25) is 0 Å². The number of rotatable bonds is 0. The SMILES string of the molecule is NC1(N)N=CN=C2N=NC=C21. The second-order valence-electron chi connectivity index (χ2n) is 2.28. The first-order valence-electron chi connectivity index (χ1n) is 3.01. The van der Waals surface area contributed by atoms with E-state index in [0.717, 1.165) is 0 Å². The molecule has 11 heavy (non-hydrogen) atoms. The second-order valence-corrected chi connectivity index (χ2v) is 2.28. The third-order valence-corrected chi connectivity index (χ3v) is 1.46. The molecule has 4 N–H and O–H groups in total. The van der Waals surface area contributed by atoms with Crippen molar-refractivity contribution in [2.75, 3.05) is 0 Å². The summed E-state index contributed by atoms with van der Waals surface area (Å²) in [5.74, 6) is -0.759. The van der Waals surface area contributed by atoms with E-state index in [1.807, 2.05) is 0 Å². The van der Waals surface area contributed by atoms with Crippen LogP contribution in [0.15, 0.2) is 32.0 Å². The molecule has 0 unspecified atom stereocenters. The fourth-order valence-electron chi connectivity index (χ4n) is 0.879. The topological polar surface area (TPSA) is 101 Å². The van der Waals surface area contributed by atoms with Crippen LogP contribution in [0.3, 0.4) is 0 Å². The first-order valence-corrected chi connectivity index (χ1v) is 3.01. The van der Waals surface area contributed by atoms with Gasteiger partial charge in [-0.3, -0.25) is 11.5 Å². The molecular weight excluding hydrogens is 144 g/mol. The fraction of sp³-hybridized carbons (Fsp3) is 0.200. The van der Waals surface area contributed by atoms with Gasteiger partial charge in [0.25, 0.3) is 0 Å². The van der Waals surface area contributed by atoms with Gasteiger partial charge in [0.2, 0.25) is 0 Å². The van der Waals surface area contributed by atoms with Crippen molar-refractivity contribution in [3.63, 3.8) is 0 Å². The highest BCUT2D eigenvalue weighted by molar-refractivity contribution is 6.06. The lowest BCUT2D eigenvalue weighted by molar-refractivity contribution is 0.566. The average molecular weight is 150 g/mol. The molecular formula is C5H6N6. The van der Waals surface area contributed by atoms with E-state index in [0.29, 0.717) is 11.4 Å². The Bertz CT molecular complexity index is 307. The number of hydrogen-bond donors (Lipinski definition) is 2. The van der Waals surface area contributed by atoms with Crippen LogP contribution in [-0.2, 0) is 0 Å². The summed E-state index contributed by atoms with van der Waals surface area (Å²) >= 11 is 0. The number of amidine groups is 1. The molecule has 2 aliphatic rings. The lowest BCUT2D eigenvalue weighted by Gasteiger charge is -2.21. The van der Waals surface area contributed by atoms with Crippen LogP contribution in [0.5, 0.6) is 0 Å². The predicted octanol–water partition coefficient (Wildman–Crippen LogP) is -0.652. The first-order chi connectivity index (χ1) is 5.20. The summed E-state index contributed by atoms with van der Waals surface area (Å²) in [4.78, 5) is 7.58. The molecule has 0 radical (unpaired) electrons. The van der Waals surface area contributed by atoms with Gasteiger partial charge in [0.15, 0.2) is 11.6 Å². The Morgan fingerprint density at radius 3 is 2.91 bits per heavy atom. The molecule has 0 bridgehead atoms. The van der Waals surface area contributed by atoms with E-state index in [-0.39, 0.29) is 0 Å². The molecule has 2 heterocycles. The molecule has 0 aliphatic carbocycles. The van der Waals surface area contributed by atoms with E-state index in [4.69, 9.17) is 11.5 Å². The zero-order valence-electron chi connectivity index (χ0n) is 5.60. The van der Waals surface area contributed by atoms with Gasteiger partial charge in [-0.15, -0.1) is 5.11 Å². The van der Waals surface area contributed by atoms with Gasteiger partial charge in [0, 0.05) is 0 Å². The number of hydrogen-bond acceptors (Lipinski definition) is 6. The van der Waals surface area contributed by atoms with Gasteiger partial charge in [-0.1, -0.05) is 0 Å². The maximum absolute atomic E-state index is 5.57. The van der Waals surface area contributed by atoms with E-state index in [1.165, 1.54) is 12.5 Å². The summed E-state index contributed by atoms with van der Waals surface area (Å²) in [5.41, 5.74) is 11.7.